The van der Waals surface area contributed by atoms with Crippen LogP contribution in [0.15, 0.2) is 0 Å². The minimum absolute atomic E-state index is 0.531. The minimum Gasteiger partial charge on any atom is -0.463 e. The van der Waals surface area contributed by atoms with Gasteiger partial charge in [0.25, 0.3) is 0 Å². The Hall–Kier alpha value is -5.48. The summed E-state index contributed by atoms with van der Waals surface area (Å²) in [5.41, 5.74) is -1.41. The molecule has 15 atom stereocenters. The van der Waals surface area contributed by atoms with Crippen LogP contribution in [0.2, 0.25) is 0 Å². The molecule has 0 N–H and O–H groups in total. The second kappa shape index (κ2) is 25.6. The molecule has 0 aromatic rings. The van der Waals surface area contributed by atoms with Gasteiger partial charge in [-0.2, -0.15) is 0 Å². The Morgan fingerprint density at radius 3 is 0.925 bits per heavy atom. The molecule has 0 aromatic carbocycles. The lowest BCUT2D eigenvalue weighted by Gasteiger charge is -2.50. The fraction of sp³-hybridized carbons (Fsp3) is 0.725. The summed E-state index contributed by atoms with van der Waals surface area (Å²) in [6.07, 6.45) is -24.9. The summed E-state index contributed by atoms with van der Waals surface area (Å²) in [5, 5.41) is -0.542. The highest BCUT2D eigenvalue weighted by atomic mass is 32.2. The van der Waals surface area contributed by atoms with E-state index in [1.807, 2.05) is 0 Å². The molecule has 3 saturated heterocycles. The van der Waals surface area contributed by atoms with E-state index >= 15 is 0 Å². The van der Waals surface area contributed by atoms with Crippen LogP contribution in [0, 0.1) is 0 Å². The van der Waals surface area contributed by atoms with Crippen LogP contribution in [0.3, 0.4) is 0 Å². The molecule has 0 spiro atoms. The van der Waals surface area contributed by atoms with Crippen LogP contribution in [0.5, 0.6) is 0 Å². The average molecular weight is 983 g/mol. The summed E-state index contributed by atoms with van der Waals surface area (Å²) >= 11 is 0.531. The van der Waals surface area contributed by atoms with Crippen molar-refractivity contribution >= 4 is 76.6 Å². The number of hydrogen-bond donors (Lipinski definition) is 0. The van der Waals surface area contributed by atoms with Gasteiger partial charge in [0, 0.05) is 76.2 Å². The predicted octanol–water partition coefficient (Wildman–Crippen LogP) is -0.578. The lowest BCUT2D eigenvalue weighted by Crippen LogP contribution is -2.68. The van der Waals surface area contributed by atoms with E-state index in [1.54, 1.807) is 0 Å². The third-order valence-electron chi connectivity index (χ3n) is 9.11. The van der Waals surface area contributed by atoms with Crippen LogP contribution in [0.1, 0.15) is 76.2 Å². The van der Waals surface area contributed by atoms with Crippen molar-refractivity contribution in [1.82, 2.24) is 0 Å². The number of carbonyl (C=O) groups is 11. The Kier molecular flexibility index (Phi) is 21.3. The van der Waals surface area contributed by atoms with Gasteiger partial charge in [0.2, 0.25) is 0 Å². The van der Waals surface area contributed by atoms with Crippen molar-refractivity contribution in [3.05, 3.63) is 0 Å². The molecule has 67 heavy (non-hydrogen) atoms. The maximum Gasteiger partial charge on any atom is 0.303 e. The maximum absolute atomic E-state index is 13.0. The topological polar surface area (TPSA) is 326 Å². The Balaban J connectivity index is 2.31. The van der Waals surface area contributed by atoms with E-state index in [0.29, 0.717) is 11.8 Å². The van der Waals surface area contributed by atoms with Gasteiger partial charge in [0.1, 0.15) is 50.3 Å². The highest BCUT2D eigenvalue weighted by molar-refractivity contribution is 8.14. The molecule has 3 aliphatic heterocycles. The maximum atomic E-state index is 13.0. The van der Waals surface area contributed by atoms with Gasteiger partial charge in [0.05, 0.1) is 0 Å². The van der Waals surface area contributed by atoms with Gasteiger partial charge in [-0.15, -0.1) is 0 Å². The standard InChI is InChI=1S/C40H54O26S/c1-15(41)52-12-26-29(55-18(4)44)32(56-19(5)45)35(59-22(8)48)38(62-26)65-30-27(13-53-16(2)42)63-39(36(60-23(9)49)33(30)57-20(6)46)66-31-28(14-54-17(3)43)64-40(67-25(11)51)37(61-24(10)50)34(31)58-21(7)47/h26-40H,12-14H2,1-11H3/t26-,27-,28-,29-,30-,31-,32+,33+,34+,35-,36-,37-,38-,39-,40+/m1/s1. The Labute approximate surface area is 387 Å². The van der Waals surface area contributed by atoms with E-state index in [9.17, 15) is 52.7 Å². The van der Waals surface area contributed by atoms with Gasteiger partial charge in [0.15, 0.2) is 65.9 Å². The zero-order chi connectivity index (χ0) is 50.4. The van der Waals surface area contributed by atoms with Crippen molar-refractivity contribution < 1.29 is 124 Å². The first-order chi connectivity index (χ1) is 31.3. The van der Waals surface area contributed by atoms with E-state index in [2.05, 4.69) is 0 Å². The first-order valence-corrected chi connectivity index (χ1v) is 21.2. The molecule has 0 aromatic heterocycles. The van der Waals surface area contributed by atoms with Gasteiger partial charge in [-0.05, 0) is 0 Å². The highest BCUT2D eigenvalue weighted by Gasteiger charge is 2.60. The molecule has 376 valence electrons. The molecule has 3 aliphatic rings. The van der Waals surface area contributed by atoms with E-state index in [-0.39, 0.29) is 0 Å². The number of carbonyl (C=O) groups excluding carboxylic acids is 11. The van der Waals surface area contributed by atoms with Crippen LogP contribution >= 0.6 is 11.8 Å². The number of thioether (sulfide) groups is 1. The summed E-state index contributed by atoms with van der Waals surface area (Å²) in [6.45, 7) is 8.97. The average Bonchev–Trinajstić information content (AvgIpc) is 3.17. The summed E-state index contributed by atoms with van der Waals surface area (Å²) in [6, 6.07) is 0. The number of esters is 10. The fourth-order valence-corrected chi connectivity index (χ4v) is 7.88. The van der Waals surface area contributed by atoms with Crippen LogP contribution in [-0.4, -0.2) is 176 Å². The molecule has 0 bridgehead atoms. The molecule has 0 saturated carbocycles. The minimum atomic E-state index is -2.02. The van der Waals surface area contributed by atoms with Crippen molar-refractivity contribution in [1.29, 1.82) is 0 Å². The lowest BCUT2D eigenvalue weighted by atomic mass is 9.95. The van der Waals surface area contributed by atoms with Crippen molar-refractivity contribution in [3.8, 4) is 0 Å². The summed E-state index contributed by atoms with van der Waals surface area (Å²) in [4.78, 5) is 137. The molecular weight excluding hydrogens is 928 g/mol. The summed E-state index contributed by atoms with van der Waals surface area (Å²) in [7, 11) is 0. The first-order valence-electron chi connectivity index (χ1n) is 20.3. The van der Waals surface area contributed by atoms with Gasteiger partial charge in [-0.25, -0.2) is 0 Å². The molecule has 0 aliphatic carbocycles. The Morgan fingerprint density at radius 1 is 0.328 bits per heavy atom. The zero-order valence-electron chi connectivity index (χ0n) is 38.3. The van der Waals surface area contributed by atoms with Gasteiger partial charge in [-0.3, -0.25) is 52.7 Å². The highest BCUT2D eigenvalue weighted by Crippen LogP contribution is 2.39. The second-order valence-corrected chi connectivity index (χ2v) is 16.1. The van der Waals surface area contributed by atoms with Crippen LogP contribution in [-0.2, 0) is 124 Å². The van der Waals surface area contributed by atoms with E-state index in [1.165, 1.54) is 6.92 Å². The van der Waals surface area contributed by atoms with Crippen molar-refractivity contribution in [2.24, 2.45) is 0 Å². The normalized spacial score (nSPS) is 31.3. The third-order valence-corrected chi connectivity index (χ3v) is 10.0. The van der Waals surface area contributed by atoms with Crippen LogP contribution in [0.25, 0.3) is 0 Å². The quantitative estimate of drug-likeness (QED) is 0.122. The van der Waals surface area contributed by atoms with Gasteiger partial charge >= 0.3 is 59.7 Å². The molecule has 26 nitrogen and oxygen atoms in total. The van der Waals surface area contributed by atoms with Crippen molar-refractivity contribution in [2.45, 2.75) is 167 Å². The van der Waals surface area contributed by atoms with Gasteiger partial charge in [-0.1, -0.05) is 11.8 Å². The molecule has 3 fully saturated rings. The molecule has 27 heteroatoms. The Bertz CT molecular complexity index is 1850. The molecule has 0 amide bonds. The fourth-order valence-electron chi connectivity index (χ4n) is 7.01. The predicted molar refractivity (Wildman–Crippen MR) is 213 cm³/mol. The third kappa shape index (κ3) is 17.3. The SMILES string of the molecule is CC(=O)OC[C@H]1O[C@@H](SC(C)=O)[C@H](OC(C)=O)[C@@H](OC(C)=O)[C@@H]1O[C@H]1O[C@H](COC(C)=O)[C@@H](O[C@H]2O[C@H](COC(C)=O)[C@@H](OC(C)=O)[C@H](OC(C)=O)[C@H]2OC(C)=O)[C@H](OC(C)=O)[C@H]1OC(C)=O. The lowest BCUT2D eigenvalue weighted by molar-refractivity contribution is -0.372. The largest absolute Gasteiger partial charge is 0.463 e. The van der Waals surface area contributed by atoms with Crippen LogP contribution < -0.4 is 0 Å². The monoisotopic (exact) mass is 982 g/mol. The van der Waals surface area contributed by atoms with Crippen LogP contribution in [0.4, 0.5) is 0 Å². The molecule has 3 rings (SSSR count). The first kappa shape index (κ1) is 55.8. The van der Waals surface area contributed by atoms with Crippen molar-refractivity contribution in [2.75, 3.05) is 19.8 Å². The van der Waals surface area contributed by atoms with E-state index in [0.717, 1.165) is 69.2 Å². The summed E-state index contributed by atoms with van der Waals surface area (Å²) in [5.74, 6) is -9.51. The molecular formula is C40H54O26S. The second-order valence-electron chi connectivity index (χ2n) is 14.9. The smallest absolute Gasteiger partial charge is 0.303 e. The van der Waals surface area contributed by atoms with Crippen molar-refractivity contribution in [3.63, 3.8) is 0 Å². The van der Waals surface area contributed by atoms with E-state index < -0.39 is 176 Å². The number of ether oxygens (including phenoxy) is 15. The Morgan fingerprint density at radius 2 is 0.597 bits per heavy atom. The number of rotatable bonds is 18. The molecule has 3 heterocycles. The summed E-state index contributed by atoms with van der Waals surface area (Å²) < 4.78 is 85.8. The molecule has 0 radical (unpaired) electrons. The van der Waals surface area contributed by atoms with Gasteiger partial charge < -0.3 is 71.1 Å². The molecule has 0 unspecified atom stereocenters. The van der Waals surface area contributed by atoms with E-state index in [4.69, 9.17) is 71.1 Å². The number of hydrogen-bond acceptors (Lipinski definition) is 27. The zero-order valence-corrected chi connectivity index (χ0v) is 39.1.